The fraction of sp³-hybridized carbons (Fsp3) is 0.419. The minimum atomic E-state index is -0.986. The Balaban J connectivity index is 1.23. The number of hydrogen-bond acceptors (Lipinski definition) is 10. The Morgan fingerprint density at radius 2 is 1.17 bits per heavy atom. The molecule has 0 radical (unpaired) electrons. The second-order valence-electron chi connectivity index (χ2n) is 13.8. The molecule has 0 aromatic heterocycles. The first-order valence-electron chi connectivity index (χ1n) is 18.5. The largest absolute Gasteiger partial charge is 0.368 e. The summed E-state index contributed by atoms with van der Waals surface area (Å²) in [4.78, 5) is 12.7. The van der Waals surface area contributed by atoms with Crippen molar-refractivity contribution in [3.8, 4) is 0 Å². The lowest BCUT2D eigenvalue weighted by molar-refractivity contribution is -0.380. The third-order valence-electron chi connectivity index (χ3n) is 9.89. The molecule has 0 bridgehead atoms. The molecule has 1 amide bonds. The summed E-state index contributed by atoms with van der Waals surface area (Å²) in [6.07, 6.45) is -7.04. The number of methoxy groups -OCH3 is 1. The lowest BCUT2D eigenvalue weighted by Gasteiger charge is -2.51. The van der Waals surface area contributed by atoms with Gasteiger partial charge in [-0.3, -0.25) is 4.79 Å². The van der Waals surface area contributed by atoms with Gasteiger partial charge in [-0.1, -0.05) is 121 Å². The summed E-state index contributed by atoms with van der Waals surface area (Å²) in [6.45, 7) is 4.52. The van der Waals surface area contributed by atoms with E-state index in [9.17, 15) is 4.79 Å². The summed E-state index contributed by atoms with van der Waals surface area (Å²) in [5, 5.41) is 3.01. The van der Waals surface area contributed by atoms with Gasteiger partial charge in [-0.2, -0.15) is 0 Å². The van der Waals surface area contributed by atoms with Gasteiger partial charge in [0, 0.05) is 19.6 Å². The first kappa shape index (κ1) is 38.3. The maximum atomic E-state index is 12.7. The van der Waals surface area contributed by atoms with E-state index in [1.165, 1.54) is 14.0 Å². The average molecular weight is 740 g/mol. The van der Waals surface area contributed by atoms with E-state index in [0.717, 1.165) is 22.3 Å². The molecule has 11 heteroatoms. The van der Waals surface area contributed by atoms with Crippen molar-refractivity contribution < 1.29 is 47.4 Å². The lowest BCUT2D eigenvalue weighted by Crippen LogP contribution is -2.69. The zero-order chi connectivity index (χ0) is 37.3. The fourth-order valence-corrected chi connectivity index (χ4v) is 7.24. The summed E-state index contributed by atoms with van der Waals surface area (Å²) in [5.41, 5.74) is 3.84. The topological polar surface area (TPSA) is 112 Å². The van der Waals surface area contributed by atoms with Crippen LogP contribution in [-0.2, 0) is 67.2 Å². The molecule has 0 saturated carbocycles. The van der Waals surface area contributed by atoms with Crippen molar-refractivity contribution in [2.75, 3.05) is 13.7 Å². The molecule has 11 nitrogen and oxygen atoms in total. The van der Waals surface area contributed by atoms with Gasteiger partial charge in [-0.15, -0.1) is 0 Å². The minimum Gasteiger partial charge on any atom is -0.368 e. The fourth-order valence-electron chi connectivity index (χ4n) is 7.24. The maximum absolute atomic E-state index is 12.7. The number of amides is 1. The molecule has 1 N–H and O–H groups in total. The van der Waals surface area contributed by atoms with E-state index in [-0.39, 0.29) is 19.1 Å². The van der Waals surface area contributed by atoms with E-state index in [4.69, 9.17) is 42.6 Å². The van der Waals surface area contributed by atoms with Crippen molar-refractivity contribution in [2.24, 2.45) is 0 Å². The molecule has 0 aliphatic carbocycles. The molecular formula is C43H49NO10. The van der Waals surface area contributed by atoms with E-state index in [2.05, 4.69) is 5.32 Å². The van der Waals surface area contributed by atoms with Crippen molar-refractivity contribution in [1.82, 2.24) is 5.32 Å². The highest BCUT2D eigenvalue weighted by atomic mass is 16.8. The van der Waals surface area contributed by atoms with Gasteiger partial charge in [0.2, 0.25) is 5.91 Å². The highest BCUT2D eigenvalue weighted by molar-refractivity contribution is 5.73. The molecule has 3 aliphatic heterocycles. The molecule has 54 heavy (non-hydrogen) atoms. The Hall–Kier alpha value is -4.01. The summed E-state index contributed by atoms with van der Waals surface area (Å²) < 4.78 is 58.9. The van der Waals surface area contributed by atoms with Gasteiger partial charge in [0.15, 0.2) is 18.9 Å². The van der Waals surface area contributed by atoms with Crippen LogP contribution in [0.15, 0.2) is 121 Å². The highest BCUT2D eigenvalue weighted by Gasteiger charge is 2.55. The van der Waals surface area contributed by atoms with Crippen LogP contribution in [0.1, 0.15) is 42.4 Å². The zero-order valence-corrected chi connectivity index (χ0v) is 30.8. The third-order valence-corrected chi connectivity index (χ3v) is 9.89. The summed E-state index contributed by atoms with van der Waals surface area (Å²) in [7, 11) is 1.53. The normalized spacial score (nSPS) is 31.0. The van der Waals surface area contributed by atoms with Gasteiger partial charge in [0.05, 0.1) is 32.5 Å². The predicted molar refractivity (Wildman–Crippen MR) is 198 cm³/mol. The highest BCUT2D eigenvalue weighted by Crippen LogP contribution is 2.38. The number of rotatable bonds is 14. The van der Waals surface area contributed by atoms with Gasteiger partial charge in [-0.05, 0) is 23.6 Å². The number of hydrogen-bond donors (Lipinski definition) is 1. The van der Waals surface area contributed by atoms with Crippen LogP contribution in [0.3, 0.4) is 0 Å². The number of fused-ring (bicyclic) bond motifs is 1. The summed E-state index contributed by atoms with van der Waals surface area (Å²) >= 11 is 0. The lowest BCUT2D eigenvalue weighted by atomic mass is 9.94. The van der Waals surface area contributed by atoms with Crippen molar-refractivity contribution in [2.45, 2.75) is 101 Å². The first-order chi connectivity index (χ1) is 26.5. The van der Waals surface area contributed by atoms with Crippen LogP contribution in [0.5, 0.6) is 0 Å². The smallest absolute Gasteiger partial charge is 0.217 e. The van der Waals surface area contributed by atoms with Crippen molar-refractivity contribution >= 4 is 5.91 Å². The molecule has 4 aromatic carbocycles. The van der Waals surface area contributed by atoms with E-state index >= 15 is 0 Å². The van der Waals surface area contributed by atoms with Crippen molar-refractivity contribution in [1.29, 1.82) is 0 Å². The SMILES string of the molecule is CO[C@@H]1O[C@@H]2CO[C@@H](c3ccccc3)O[C@H]2[C@H](O[C@@H]2O[C@@H](C)[C@@H](OCc3ccccc3)[C@@H](OCc3ccccc3)[C@@H]2OCc2ccccc2)[C@H]1NC(C)=O. The van der Waals surface area contributed by atoms with Gasteiger partial charge < -0.3 is 47.9 Å². The first-order valence-corrected chi connectivity index (χ1v) is 18.5. The van der Waals surface area contributed by atoms with Crippen LogP contribution in [0.4, 0.5) is 0 Å². The van der Waals surface area contributed by atoms with E-state index in [0.29, 0.717) is 13.2 Å². The van der Waals surface area contributed by atoms with Crippen molar-refractivity contribution in [3.63, 3.8) is 0 Å². The number of carbonyl (C=O) groups is 1. The maximum Gasteiger partial charge on any atom is 0.217 e. The van der Waals surface area contributed by atoms with Crippen LogP contribution < -0.4 is 5.32 Å². The summed E-state index contributed by atoms with van der Waals surface area (Å²) in [5.74, 6) is -0.280. The van der Waals surface area contributed by atoms with Crippen LogP contribution in [0.2, 0.25) is 0 Å². The molecule has 7 rings (SSSR count). The molecule has 3 saturated heterocycles. The van der Waals surface area contributed by atoms with Gasteiger partial charge >= 0.3 is 0 Å². The number of carbonyl (C=O) groups excluding carboxylic acids is 1. The molecule has 3 fully saturated rings. The third kappa shape index (κ3) is 9.43. The molecular weight excluding hydrogens is 690 g/mol. The Bertz CT molecular complexity index is 1720. The Morgan fingerprint density at radius 3 is 1.70 bits per heavy atom. The van der Waals surface area contributed by atoms with Gasteiger partial charge in [-0.25, -0.2) is 0 Å². The molecule has 11 atom stereocenters. The molecule has 4 aromatic rings. The standard InChI is InChI=1S/C43H49NO10/c1-28-36(47-24-30-16-8-4-9-17-30)39(48-25-31-18-10-5-11-19-31)40(49-26-32-20-12-6-13-21-32)43(51-28)54-38-35(44-29(2)45)42(46-3)52-34-27-50-41(53-37(34)38)33-22-14-7-15-23-33/h4-23,28,34-43H,24-27H2,1-3H3,(H,44,45)/t28-,34+,35+,36+,37+,38+,39+,40-,41+,42+,43-/m0/s1. The summed E-state index contributed by atoms with van der Waals surface area (Å²) in [6, 6.07) is 38.8. The second-order valence-corrected chi connectivity index (χ2v) is 13.8. The Morgan fingerprint density at radius 1 is 0.648 bits per heavy atom. The van der Waals surface area contributed by atoms with Crippen molar-refractivity contribution in [3.05, 3.63) is 144 Å². The number of ether oxygens (including phenoxy) is 9. The molecule has 3 aliphatic rings. The minimum absolute atomic E-state index is 0.213. The van der Waals surface area contributed by atoms with Crippen LogP contribution in [0.25, 0.3) is 0 Å². The van der Waals surface area contributed by atoms with Crippen LogP contribution in [0, 0.1) is 0 Å². The quantitative estimate of drug-likeness (QED) is 0.169. The molecule has 3 heterocycles. The zero-order valence-electron chi connectivity index (χ0n) is 30.8. The Kier molecular flexibility index (Phi) is 13.1. The predicted octanol–water partition coefficient (Wildman–Crippen LogP) is 5.86. The molecule has 0 spiro atoms. The van der Waals surface area contributed by atoms with Gasteiger partial charge in [0.25, 0.3) is 0 Å². The van der Waals surface area contributed by atoms with Crippen LogP contribution in [-0.4, -0.2) is 81.0 Å². The molecule has 0 unspecified atom stereocenters. The second kappa shape index (κ2) is 18.5. The monoisotopic (exact) mass is 739 g/mol. The number of benzene rings is 4. The van der Waals surface area contributed by atoms with E-state index in [1.807, 2.05) is 128 Å². The van der Waals surface area contributed by atoms with E-state index < -0.39 is 67.6 Å². The Labute approximate surface area is 316 Å². The average Bonchev–Trinajstić information content (AvgIpc) is 3.21. The number of nitrogens with one attached hydrogen (secondary N) is 1. The van der Waals surface area contributed by atoms with E-state index in [1.54, 1.807) is 0 Å². The molecule has 286 valence electrons. The van der Waals surface area contributed by atoms with Crippen LogP contribution >= 0.6 is 0 Å². The van der Waals surface area contributed by atoms with Gasteiger partial charge in [0.1, 0.15) is 42.7 Å².